The van der Waals surface area contributed by atoms with Gasteiger partial charge in [-0.05, 0) is 73.9 Å². The molecule has 1 unspecified atom stereocenters. The van der Waals surface area contributed by atoms with Crippen LogP contribution >= 0.6 is 0 Å². The molecule has 2 aromatic heterocycles. The Balaban J connectivity index is 0.929. The Morgan fingerprint density at radius 1 is 0.938 bits per heavy atom. The van der Waals surface area contributed by atoms with E-state index in [1.54, 1.807) is 46.9 Å². The number of nitrogens with two attached hydrogens (primary N) is 1. The summed E-state index contributed by atoms with van der Waals surface area (Å²) in [6, 6.07) is 16.7. The van der Waals surface area contributed by atoms with Gasteiger partial charge in [-0.15, -0.1) is 5.10 Å². The molecule has 7 rings (SSSR count). The molecule has 336 valence electrons. The first kappa shape index (κ1) is 44.5. The van der Waals surface area contributed by atoms with Crippen molar-refractivity contribution in [2.45, 2.75) is 64.4 Å². The number of pyridine rings is 1. The number of amides is 5. The van der Waals surface area contributed by atoms with Gasteiger partial charge in [-0.25, -0.2) is 28.3 Å². The summed E-state index contributed by atoms with van der Waals surface area (Å²) in [7, 11) is 0. The van der Waals surface area contributed by atoms with Crippen LogP contribution in [-0.4, -0.2) is 92.4 Å². The van der Waals surface area contributed by atoms with Gasteiger partial charge in [0.2, 0.25) is 11.3 Å². The molecule has 3 heterocycles. The van der Waals surface area contributed by atoms with Gasteiger partial charge in [-0.3, -0.25) is 9.59 Å². The standard InChI is InChI=1S/C44H49FN10O9/c1-2-52-23-32(41(58)59)39(56)31-21-33(45)37(22-36(31)52)53-17-19-54(20-18-53)44(62)64-26-28-10-14-30(15-11-28)48-40(57)35(9-6-16-47-42(46)60)55-24-34(50-51-55)38(29-12-13-29)49-43(61)63-25-27-7-4-3-5-8-27/h3-5,7-8,10-11,14-15,21-24,29,35,38H,2,6,9,12-13,16-20,25-26H2,1H3,(H,48,57)(H,49,61)(H,58,59)(H3,46,47,60)/t35?,38-/m0/s1. The predicted octanol–water partition coefficient (Wildman–Crippen LogP) is 4.91. The molecule has 2 aliphatic rings. The summed E-state index contributed by atoms with van der Waals surface area (Å²) < 4.78 is 29.4. The number of hydrogen-bond acceptors (Lipinski definition) is 11. The van der Waals surface area contributed by atoms with Crippen LogP contribution in [0.25, 0.3) is 10.9 Å². The Morgan fingerprint density at radius 2 is 1.64 bits per heavy atom. The van der Waals surface area contributed by atoms with E-state index in [4.69, 9.17) is 15.2 Å². The molecule has 20 heteroatoms. The first-order chi connectivity index (χ1) is 30.9. The zero-order valence-electron chi connectivity index (χ0n) is 35.1. The van der Waals surface area contributed by atoms with E-state index in [-0.39, 0.29) is 69.3 Å². The van der Waals surface area contributed by atoms with Crippen molar-refractivity contribution in [3.8, 4) is 0 Å². The van der Waals surface area contributed by atoms with Crippen LogP contribution in [0.15, 0.2) is 83.9 Å². The maximum absolute atomic E-state index is 15.4. The molecule has 0 spiro atoms. The lowest BCUT2D eigenvalue weighted by molar-refractivity contribution is -0.119. The number of benzene rings is 3. The number of urea groups is 1. The second-order valence-corrected chi connectivity index (χ2v) is 15.6. The van der Waals surface area contributed by atoms with Gasteiger partial charge < -0.3 is 50.6 Å². The second-order valence-electron chi connectivity index (χ2n) is 15.6. The van der Waals surface area contributed by atoms with Crippen molar-refractivity contribution < 1.29 is 42.9 Å². The zero-order chi connectivity index (χ0) is 45.3. The topological polar surface area (TPSA) is 245 Å². The highest BCUT2D eigenvalue weighted by molar-refractivity contribution is 5.94. The smallest absolute Gasteiger partial charge is 0.410 e. The molecule has 0 bridgehead atoms. The van der Waals surface area contributed by atoms with E-state index in [0.29, 0.717) is 35.4 Å². The fourth-order valence-electron chi connectivity index (χ4n) is 7.56. The third-order valence-electron chi connectivity index (χ3n) is 11.2. The lowest BCUT2D eigenvalue weighted by atomic mass is 10.1. The zero-order valence-corrected chi connectivity index (χ0v) is 35.1. The number of anilines is 2. The minimum Gasteiger partial charge on any atom is -0.477 e. The third kappa shape index (κ3) is 10.9. The van der Waals surface area contributed by atoms with Crippen molar-refractivity contribution in [3.63, 3.8) is 0 Å². The Kier molecular flexibility index (Phi) is 14.0. The van der Waals surface area contributed by atoms with Crippen LogP contribution in [0.5, 0.6) is 0 Å². The largest absolute Gasteiger partial charge is 0.477 e. The Bertz CT molecular complexity index is 2560. The highest BCUT2D eigenvalue weighted by Crippen LogP contribution is 2.40. The third-order valence-corrected chi connectivity index (χ3v) is 11.2. The van der Waals surface area contributed by atoms with E-state index in [1.807, 2.05) is 30.3 Å². The normalized spacial score (nSPS) is 14.7. The van der Waals surface area contributed by atoms with Crippen molar-refractivity contribution in [3.05, 3.63) is 118 Å². The molecule has 64 heavy (non-hydrogen) atoms. The molecule has 1 saturated carbocycles. The van der Waals surface area contributed by atoms with Gasteiger partial charge in [0.1, 0.15) is 36.3 Å². The minimum absolute atomic E-state index is 0.0232. The fourth-order valence-corrected chi connectivity index (χ4v) is 7.56. The molecule has 1 saturated heterocycles. The number of fused-ring (bicyclic) bond motifs is 1. The second kappa shape index (κ2) is 20.1. The molecule has 1 aliphatic carbocycles. The number of aryl methyl sites for hydroxylation is 1. The van der Waals surface area contributed by atoms with Gasteiger partial charge in [-0.2, -0.15) is 0 Å². The lowest BCUT2D eigenvalue weighted by Crippen LogP contribution is -2.49. The maximum atomic E-state index is 15.4. The van der Waals surface area contributed by atoms with E-state index >= 15 is 4.39 Å². The summed E-state index contributed by atoms with van der Waals surface area (Å²) in [6.45, 7) is 3.50. The maximum Gasteiger partial charge on any atom is 0.410 e. The molecule has 1 aliphatic heterocycles. The van der Waals surface area contributed by atoms with Gasteiger partial charge in [-0.1, -0.05) is 47.7 Å². The number of rotatable bonds is 17. The summed E-state index contributed by atoms with van der Waals surface area (Å²) >= 11 is 0. The Morgan fingerprint density at radius 3 is 2.31 bits per heavy atom. The van der Waals surface area contributed by atoms with Gasteiger partial charge in [0, 0.05) is 56.5 Å². The molecule has 3 aromatic carbocycles. The number of carboxylic acids is 1. The SMILES string of the molecule is CCn1cc(C(=O)O)c(=O)c2cc(F)c(N3CCN(C(=O)OCc4ccc(NC(=O)C(CCCNC(N)=O)n5cc([C@@H](NC(=O)OCc6ccccc6)C6CC6)nn5)cc4)CC3)cc21. The summed E-state index contributed by atoms with van der Waals surface area (Å²) in [5, 5.41) is 26.4. The van der Waals surface area contributed by atoms with Crippen LogP contribution < -0.4 is 32.0 Å². The van der Waals surface area contributed by atoms with Crippen LogP contribution in [0.3, 0.4) is 0 Å². The quantitative estimate of drug-likeness (QED) is 0.0782. The number of primary amides is 1. The Labute approximate surface area is 366 Å². The lowest BCUT2D eigenvalue weighted by Gasteiger charge is -2.35. The van der Waals surface area contributed by atoms with Crippen LogP contribution in [0.4, 0.5) is 30.1 Å². The number of alkyl carbamates (subject to hydrolysis) is 1. The van der Waals surface area contributed by atoms with E-state index in [1.165, 1.54) is 21.8 Å². The number of carbonyl (C=O) groups excluding carboxylic acids is 4. The van der Waals surface area contributed by atoms with Gasteiger partial charge in [0.15, 0.2) is 0 Å². The van der Waals surface area contributed by atoms with Gasteiger partial charge >= 0.3 is 24.2 Å². The highest BCUT2D eigenvalue weighted by atomic mass is 19.1. The highest BCUT2D eigenvalue weighted by Gasteiger charge is 2.36. The number of carbonyl (C=O) groups is 5. The first-order valence-electron chi connectivity index (χ1n) is 21.0. The molecular weight excluding hydrogens is 832 g/mol. The number of hydrogen-bond donors (Lipinski definition) is 5. The number of piperazine rings is 1. The summed E-state index contributed by atoms with van der Waals surface area (Å²) in [4.78, 5) is 78.5. The number of aromatic nitrogens is 4. The van der Waals surface area contributed by atoms with Crippen LogP contribution in [0, 0.1) is 11.7 Å². The predicted molar refractivity (Wildman–Crippen MR) is 231 cm³/mol. The monoisotopic (exact) mass is 880 g/mol. The molecule has 5 amide bonds. The average molecular weight is 881 g/mol. The molecular formula is C44H49FN10O9. The van der Waals surface area contributed by atoms with Crippen molar-refractivity contribution in [2.75, 3.05) is 42.9 Å². The fraction of sp³-hybridized carbons (Fsp3) is 0.364. The number of ether oxygens (including phenoxy) is 2. The minimum atomic E-state index is -1.38. The van der Waals surface area contributed by atoms with Gasteiger partial charge in [0.05, 0.1) is 23.4 Å². The van der Waals surface area contributed by atoms with E-state index in [9.17, 15) is 33.9 Å². The van der Waals surface area contributed by atoms with Crippen LogP contribution in [-0.2, 0) is 34.0 Å². The number of nitrogens with one attached hydrogen (secondary N) is 3. The van der Waals surface area contributed by atoms with Crippen molar-refractivity contribution in [2.24, 2.45) is 11.7 Å². The number of nitrogens with zero attached hydrogens (tertiary/aromatic N) is 6. The van der Waals surface area contributed by atoms with Crippen molar-refractivity contribution in [1.82, 2.24) is 35.1 Å². The van der Waals surface area contributed by atoms with Crippen LogP contribution in [0.2, 0.25) is 0 Å². The van der Waals surface area contributed by atoms with E-state index < -0.39 is 59.0 Å². The first-order valence-corrected chi connectivity index (χ1v) is 21.0. The molecule has 19 nitrogen and oxygen atoms in total. The molecule has 6 N–H and O–H groups in total. The molecule has 2 atom stereocenters. The summed E-state index contributed by atoms with van der Waals surface area (Å²) in [5.74, 6) is -2.31. The van der Waals surface area contributed by atoms with Gasteiger partial charge in [0.25, 0.3) is 0 Å². The summed E-state index contributed by atoms with van der Waals surface area (Å²) in [5.41, 5.74) is 7.15. The average Bonchev–Trinajstić information content (AvgIpc) is 4.03. The molecule has 0 radical (unpaired) electrons. The molecule has 5 aromatic rings. The molecule has 2 fully saturated rings. The Hall–Kier alpha value is -7.51. The summed E-state index contributed by atoms with van der Waals surface area (Å²) in [6.07, 6.45) is 4.17. The van der Waals surface area contributed by atoms with E-state index in [0.717, 1.165) is 24.5 Å². The number of halogens is 1. The number of aromatic carboxylic acids is 1. The van der Waals surface area contributed by atoms with Crippen LogP contribution in [0.1, 0.15) is 71.9 Å². The van der Waals surface area contributed by atoms with Crippen molar-refractivity contribution >= 4 is 52.4 Å². The van der Waals surface area contributed by atoms with E-state index in [2.05, 4.69) is 26.3 Å². The number of carboxylic acid groups (broad SMARTS) is 1. The van der Waals surface area contributed by atoms with Crippen molar-refractivity contribution in [1.29, 1.82) is 0 Å².